The van der Waals surface area contributed by atoms with E-state index >= 15 is 0 Å². The number of hydrogen-bond acceptors (Lipinski definition) is 6. The molecule has 0 radical (unpaired) electrons. The SMILES string of the molecule is COC(=O)OC1=C(C)NC(C)=CC1c1ccccc1OCSc1ccccc1. The maximum atomic E-state index is 11.7. The molecule has 0 saturated heterocycles. The number of dihydropyridines is 1. The van der Waals surface area contributed by atoms with E-state index in [0.29, 0.717) is 11.7 Å². The van der Waals surface area contributed by atoms with Gasteiger partial charge in [0.15, 0.2) is 0 Å². The summed E-state index contributed by atoms with van der Waals surface area (Å²) >= 11 is 1.62. The van der Waals surface area contributed by atoms with Gasteiger partial charge in [-0.1, -0.05) is 54.2 Å². The van der Waals surface area contributed by atoms with Gasteiger partial charge in [0, 0.05) is 16.2 Å². The van der Waals surface area contributed by atoms with E-state index < -0.39 is 6.16 Å². The summed E-state index contributed by atoms with van der Waals surface area (Å²) in [7, 11) is 1.29. The van der Waals surface area contributed by atoms with E-state index in [1.165, 1.54) is 7.11 Å². The van der Waals surface area contributed by atoms with Gasteiger partial charge in [0.1, 0.15) is 17.4 Å². The van der Waals surface area contributed by atoms with E-state index in [-0.39, 0.29) is 5.92 Å². The summed E-state index contributed by atoms with van der Waals surface area (Å²) in [6.45, 7) is 3.84. The molecule has 0 aromatic heterocycles. The molecule has 0 amide bonds. The molecule has 1 aliphatic rings. The summed E-state index contributed by atoms with van der Waals surface area (Å²) in [5.41, 5.74) is 2.67. The summed E-state index contributed by atoms with van der Waals surface area (Å²) in [5.74, 6) is 1.48. The topological polar surface area (TPSA) is 56.8 Å². The van der Waals surface area contributed by atoms with Crippen molar-refractivity contribution in [3.63, 3.8) is 0 Å². The summed E-state index contributed by atoms with van der Waals surface area (Å²) in [6.07, 6.45) is 1.27. The lowest BCUT2D eigenvalue weighted by atomic mass is 9.92. The number of rotatable bonds is 6. The van der Waals surface area contributed by atoms with Gasteiger partial charge in [-0.15, -0.1) is 0 Å². The minimum atomic E-state index is -0.743. The number of methoxy groups -OCH3 is 1. The molecule has 6 heteroatoms. The molecule has 0 aliphatic carbocycles. The van der Waals surface area contributed by atoms with E-state index in [1.807, 2.05) is 74.5 Å². The van der Waals surface area contributed by atoms with Gasteiger partial charge < -0.3 is 19.5 Å². The zero-order valence-electron chi connectivity index (χ0n) is 16.1. The van der Waals surface area contributed by atoms with Crippen LogP contribution in [0.1, 0.15) is 25.3 Å². The minimum absolute atomic E-state index is 0.252. The van der Waals surface area contributed by atoms with Crippen LogP contribution in [0.3, 0.4) is 0 Å². The highest BCUT2D eigenvalue weighted by Gasteiger charge is 2.28. The fourth-order valence-electron chi connectivity index (χ4n) is 3.01. The van der Waals surface area contributed by atoms with Crippen molar-refractivity contribution in [1.82, 2.24) is 5.32 Å². The maximum Gasteiger partial charge on any atom is 0.513 e. The van der Waals surface area contributed by atoms with Crippen LogP contribution in [0.4, 0.5) is 4.79 Å². The van der Waals surface area contributed by atoms with Crippen LogP contribution in [0.25, 0.3) is 0 Å². The third kappa shape index (κ3) is 4.89. The molecule has 3 rings (SSSR count). The first-order chi connectivity index (χ1) is 13.6. The molecule has 2 aromatic carbocycles. The Morgan fingerprint density at radius 3 is 2.54 bits per heavy atom. The fourth-order valence-corrected chi connectivity index (χ4v) is 3.68. The molecule has 1 N–H and O–H groups in total. The van der Waals surface area contributed by atoms with Crippen molar-refractivity contribution in [1.29, 1.82) is 0 Å². The number of thioether (sulfide) groups is 1. The normalized spacial score (nSPS) is 16.1. The van der Waals surface area contributed by atoms with Crippen molar-refractivity contribution in [3.8, 4) is 5.75 Å². The number of carbonyl (C=O) groups excluding carboxylic acids is 1. The van der Waals surface area contributed by atoms with E-state index in [2.05, 4.69) is 10.1 Å². The van der Waals surface area contributed by atoms with Crippen LogP contribution in [0, 0.1) is 0 Å². The zero-order valence-corrected chi connectivity index (χ0v) is 16.9. The summed E-state index contributed by atoms with van der Waals surface area (Å²) in [6, 6.07) is 17.9. The molecule has 0 fully saturated rings. The molecular formula is C22H23NO4S. The lowest BCUT2D eigenvalue weighted by Gasteiger charge is -2.26. The van der Waals surface area contributed by atoms with Gasteiger partial charge in [0.25, 0.3) is 0 Å². The van der Waals surface area contributed by atoms with Crippen molar-refractivity contribution in [3.05, 3.63) is 83.4 Å². The van der Waals surface area contributed by atoms with Crippen LogP contribution in [-0.4, -0.2) is 19.2 Å². The molecule has 1 unspecified atom stereocenters. The number of para-hydroxylation sites is 1. The molecule has 0 spiro atoms. The van der Waals surface area contributed by atoms with Gasteiger partial charge in [-0.2, -0.15) is 0 Å². The van der Waals surface area contributed by atoms with Crippen LogP contribution in [0.15, 0.2) is 82.7 Å². The largest absolute Gasteiger partial charge is 0.513 e. The van der Waals surface area contributed by atoms with E-state index in [4.69, 9.17) is 9.47 Å². The van der Waals surface area contributed by atoms with Crippen molar-refractivity contribution in [2.45, 2.75) is 24.7 Å². The molecule has 0 bridgehead atoms. The fraction of sp³-hybridized carbons (Fsp3) is 0.227. The monoisotopic (exact) mass is 397 g/mol. The van der Waals surface area contributed by atoms with Gasteiger partial charge in [0.2, 0.25) is 0 Å². The Morgan fingerprint density at radius 1 is 1.07 bits per heavy atom. The molecule has 28 heavy (non-hydrogen) atoms. The van der Waals surface area contributed by atoms with Crippen molar-refractivity contribution < 1.29 is 19.0 Å². The van der Waals surface area contributed by atoms with Crippen LogP contribution < -0.4 is 10.1 Å². The third-order valence-corrected chi connectivity index (χ3v) is 5.09. The Hall–Kier alpha value is -2.86. The highest BCUT2D eigenvalue weighted by molar-refractivity contribution is 7.99. The average Bonchev–Trinajstić information content (AvgIpc) is 2.71. The number of allylic oxidation sites excluding steroid dienone is 3. The molecule has 1 aliphatic heterocycles. The van der Waals surface area contributed by atoms with E-state index in [1.54, 1.807) is 11.8 Å². The second kappa shape index (κ2) is 9.37. The van der Waals surface area contributed by atoms with Gasteiger partial charge in [-0.3, -0.25) is 0 Å². The smallest absolute Gasteiger partial charge is 0.482 e. The Morgan fingerprint density at radius 2 is 1.79 bits per heavy atom. The maximum absolute atomic E-state index is 11.7. The van der Waals surface area contributed by atoms with Gasteiger partial charge >= 0.3 is 6.16 Å². The molecule has 1 heterocycles. The first-order valence-electron chi connectivity index (χ1n) is 8.90. The quantitative estimate of drug-likeness (QED) is 0.399. The Kier molecular flexibility index (Phi) is 6.66. The molecule has 1 atom stereocenters. The Balaban J connectivity index is 1.82. The van der Waals surface area contributed by atoms with Crippen molar-refractivity contribution in [2.75, 3.05) is 13.0 Å². The summed E-state index contributed by atoms with van der Waals surface area (Å²) < 4.78 is 16.2. The van der Waals surface area contributed by atoms with Gasteiger partial charge in [0.05, 0.1) is 18.7 Å². The Bertz CT molecular complexity index is 892. The molecule has 2 aromatic rings. The third-order valence-electron chi connectivity index (χ3n) is 4.25. The molecular weight excluding hydrogens is 374 g/mol. The summed E-state index contributed by atoms with van der Waals surface area (Å²) in [4.78, 5) is 12.9. The van der Waals surface area contributed by atoms with Gasteiger partial charge in [-0.05, 0) is 32.0 Å². The second-order valence-corrected chi connectivity index (χ2v) is 7.25. The lowest BCUT2D eigenvalue weighted by Crippen LogP contribution is -2.23. The second-order valence-electron chi connectivity index (χ2n) is 6.26. The first-order valence-corrected chi connectivity index (χ1v) is 9.88. The van der Waals surface area contributed by atoms with Crippen LogP contribution >= 0.6 is 11.8 Å². The van der Waals surface area contributed by atoms with E-state index in [0.717, 1.165) is 27.6 Å². The van der Waals surface area contributed by atoms with Crippen LogP contribution in [-0.2, 0) is 9.47 Å². The number of carbonyl (C=O) groups is 1. The standard InChI is InChI=1S/C22H23NO4S/c1-15-13-19(21(16(2)23-15)27-22(24)25-3)18-11-7-8-12-20(18)26-14-28-17-9-5-4-6-10-17/h4-13,19,23H,14H2,1-3H3. The number of ether oxygens (including phenoxy) is 3. The molecule has 5 nitrogen and oxygen atoms in total. The predicted octanol–water partition coefficient (Wildman–Crippen LogP) is 5.42. The zero-order chi connectivity index (χ0) is 19.9. The number of nitrogens with one attached hydrogen (secondary N) is 1. The van der Waals surface area contributed by atoms with E-state index in [9.17, 15) is 4.79 Å². The summed E-state index contributed by atoms with van der Waals surface area (Å²) in [5, 5.41) is 3.21. The number of benzene rings is 2. The van der Waals surface area contributed by atoms with Crippen LogP contribution in [0.2, 0.25) is 0 Å². The highest BCUT2D eigenvalue weighted by atomic mass is 32.2. The number of hydrogen-bond donors (Lipinski definition) is 1. The van der Waals surface area contributed by atoms with Crippen molar-refractivity contribution >= 4 is 17.9 Å². The molecule has 0 saturated carbocycles. The van der Waals surface area contributed by atoms with Gasteiger partial charge in [-0.25, -0.2) is 4.79 Å². The highest BCUT2D eigenvalue weighted by Crippen LogP contribution is 2.38. The Labute approximate surface area is 169 Å². The molecule has 146 valence electrons. The predicted molar refractivity (Wildman–Crippen MR) is 110 cm³/mol. The average molecular weight is 397 g/mol. The van der Waals surface area contributed by atoms with Crippen LogP contribution in [0.5, 0.6) is 5.75 Å². The van der Waals surface area contributed by atoms with Crippen molar-refractivity contribution in [2.24, 2.45) is 0 Å². The lowest BCUT2D eigenvalue weighted by molar-refractivity contribution is 0.0924. The minimum Gasteiger partial charge on any atom is -0.482 e. The first kappa shape index (κ1) is 19.9.